The van der Waals surface area contributed by atoms with Gasteiger partial charge in [0.25, 0.3) is 0 Å². The zero-order valence-corrected chi connectivity index (χ0v) is 9.14. The summed E-state index contributed by atoms with van der Waals surface area (Å²) in [5.74, 6) is 1.28. The number of rotatable bonds is 4. The number of nitrogens with one attached hydrogen (secondary N) is 2. The van der Waals surface area contributed by atoms with E-state index < -0.39 is 0 Å². The van der Waals surface area contributed by atoms with Gasteiger partial charge < -0.3 is 15.0 Å². The highest BCUT2D eigenvalue weighted by Gasteiger charge is 2.20. The molecule has 16 heavy (non-hydrogen) atoms. The molecule has 0 spiro atoms. The van der Waals surface area contributed by atoms with Crippen LogP contribution in [-0.4, -0.2) is 34.1 Å². The molecule has 2 heterocycles. The fourth-order valence-electron chi connectivity index (χ4n) is 1.53. The maximum atomic E-state index is 5.17. The second-order valence-corrected chi connectivity index (χ2v) is 3.15. The summed E-state index contributed by atoms with van der Waals surface area (Å²) in [4.78, 5) is 15.6. The highest BCUT2D eigenvalue weighted by Crippen LogP contribution is 2.23. The summed E-state index contributed by atoms with van der Waals surface area (Å²) >= 11 is 0. The Morgan fingerprint density at radius 1 is 1.25 bits per heavy atom. The van der Waals surface area contributed by atoms with Gasteiger partial charge in [-0.05, 0) is 7.05 Å². The third kappa shape index (κ3) is 1.87. The molecule has 6 nitrogen and oxygen atoms in total. The van der Waals surface area contributed by atoms with Gasteiger partial charge in [-0.2, -0.15) is 0 Å². The minimum Gasteiger partial charge on any atom is -0.480 e. The number of ether oxygens (including phenoxy) is 1. The van der Waals surface area contributed by atoms with Gasteiger partial charge in [0.2, 0.25) is 5.88 Å². The summed E-state index contributed by atoms with van der Waals surface area (Å²) in [5.41, 5.74) is 0.711. The molecule has 1 unspecified atom stereocenters. The molecule has 0 aromatic carbocycles. The zero-order chi connectivity index (χ0) is 11.4. The van der Waals surface area contributed by atoms with Gasteiger partial charge in [0.05, 0.1) is 7.11 Å². The number of H-pyrrole nitrogens is 1. The molecule has 0 aliphatic rings. The number of aromatic nitrogens is 4. The number of methoxy groups -OCH3 is 1. The van der Waals surface area contributed by atoms with Crippen molar-refractivity contribution in [3.8, 4) is 5.88 Å². The van der Waals surface area contributed by atoms with Crippen molar-refractivity contribution in [2.75, 3.05) is 14.2 Å². The van der Waals surface area contributed by atoms with E-state index in [1.165, 1.54) is 0 Å². The minimum atomic E-state index is -0.154. The van der Waals surface area contributed by atoms with Crippen molar-refractivity contribution in [3.63, 3.8) is 0 Å². The predicted octanol–water partition coefficient (Wildman–Crippen LogP) is 0.517. The molecule has 0 saturated heterocycles. The maximum absolute atomic E-state index is 5.17. The molecule has 2 aromatic rings. The summed E-state index contributed by atoms with van der Waals surface area (Å²) in [6, 6.07) is -0.154. The van der Waals surface area contributed by atoms with Crippen LogP contribution in [0, 0.1) is 0 Å². The number of imidazole rings is 1. The maximum Gasteiger partial charge on any atom is 0.237 e. The molecular weight excluding hydrogens is 206 g/mol. The van der Waals surface area contributed by atoms with Crippen molar-refractivity contribution in [2.45, 2.75) is 6.04 Å². The second kappa shape index (κ2) is 4.71. The van der Waals surface area contributed by atoms with Crippen LogP contribution in [0.4, 0.5) is 0 Å². The van der Waals surface area contributed by atoms with Crippen LogP contribution in [-0.2, 0) is 0 Å². The molecule has 0 aliphatic heterocycles. The fraction of sp³-hybridized carbons (Fsp3) is 0.300. The lowest BCUT2D eigenvalue weighted by molar-refractivity contribution is 0.383. The van der Waals surface area contributed by atoms with Crippen molar-refractivity contribution in [1.82, 2.24) is 25.3 Å². The van der Waals surface area contributed by atoms with Gasteiger partial charge >= 0.3 is 0 Å². The summed E-state index contributed by atoms with van der Waals surface area (Å²) in [7, 11) is 3.41. The SMILES string of the molecule is CNC(c1ncc[nH]1)c1nccnc1OC. The first-order valence-electron chi connectivity index (χ1n) is 4.88. The minimum absolute atomic E-state index is 0.154. The molecule has 2 aromatic heterocycles. The Kier molecular flexibility index (Phi) is 3.11. The molecule has 2 N–H and O–H groups in total. The van der Waals surface area contributed by atoms with Gasteiger partial charge in [0, 0.05) is 24.8 Å². The monoisotopic (exact) mass is 219 g/mol. The molecule has 0 fully saturated rings. The third-order valence-corrected chi connectivity index (χ3v) is 2.24. The quantitative estimate of drug-likeness (QED) is 0.784. The van der Waals surface area contributed by atoms with Crippen LogP contribution in [0.25, 0.3) is 0 Å². The van der Waals surface area contributed by atoms with Gasteiger partial charge in [-0.3, -0.25) is 4.98 Å². The molecule has 2 rings (SSSR count). The third-order valence-electron chi connectivity index (χ3n) is 2.24. The van der Waals surface area contributed by atoms with Crippen molar-refractivity contribution < 1.29 is 4.74 Å². The molecular formula is C10H13N5O. The van der Waals surface area contributed by atoms with Crippen molar-refractivity contribution in [1.29, 1.82) is 0 Å². The average Bonchev–Trinajstić information content (AvgIpc) is 2.84. The highest BCUT2D eigenvalue weighted by atomic mass is 16.5. The van der Waals surface area contributed by atoms with Crippen LogP contribution in [0.5, 0.6) is 5.88 Å². The normalized spacial score (nSPS) is 12.4. The van der Waals surface area contributed by atoms with E-state index in [1.54, 1.807) is 31.9 Å². The Morgan fingerprint density at radius 2 is 2.06 bits per heavy atom. The lowest BCUT2D eigenvalue weighted by Gasteiger charge is -2.14. The van der Waals surface area contributed by atoms with E-state index in [0.29, 0.717) is 11.6 Å². The highest BCUT2D eigenvalue weighted by molar-refractivity contribution is 5.26. The Hall–Kier alpha value is -1.95. The van der Waals surface area contributed by atoms with E-state index in [9.17, 15) is 0 Å². The van der Waals surface area contributed by atoms with Crippen LogP contribution in [0.1, 0.15) is 17.6 Å². The lowest BCUT2D eigenvalue weighted by atomic mass is 10.2. The molecule has 0 aliphatic carbocycles. The van der Waals surface area contributed by atoms with E-state index in [0.717, 1.165) is 5.82 Å². The number of hydrogen-bond acceptors (Lipinski definition) is 5. The van der Waals surface area contributed by atoms with E-state index >= 15 is 0 Å². The van der Waals surface area contributed by atoms with Gasteiger partial charge in [-0.1, -0.05) is 0 Å². The van der Waals surface area contributed by atoms with Crippen LogP contribution < -0.4 is 10.1 Å². The number of nitrogens with zero attached hydrogens (tertiary/aromatic N) is 3. The van der Waals surface area contributed by atoms with E-state index in [2.05, 4.69) is 25.3 Å². The lowest BCUT2D eigenvalue weighted by Crippen LogP contribution is -2.21. The van der Waals surface area contributed by atoms with Gasteiger partial charge in [-0.25, -0.2) is 9.97 Å². The molecule has 0 bridgehead atoms. The fourth-order valence-corrected chi connectivity index (χ4v) is 1.53. The largest absolute Gasteiger partial charge is 0.480 e. The first-order valence-corrected chi connectivity index (χ1v) is 4.88. The Morgan fingerprint density at radius 3 is 2.69 bits per heavy atom. The van der Waals surface area contributed by atoms with E-state index in [1.807, 2.05) is 7.05 Å². The summed E-state index contributed by atoms with van der Waals surface area (Å²) in [6.45, 7) is 0. The smallest absolute Gasteiger partial charge is 0.237 e. The Labute approximate surface area is 93.1 Å². The Balaban J connectivity index is 2.41. The number of hydrogen-bond donors (Lipinski definition) is 2. The Bertz CT molecular complexity index is 442. The van der Waals surface area contributed by atoms with E-state index in [-0.39, 0.29) is 6.04 Å². The standard InChI is InChI=1S/C10H13N5O/c1-11-7(9-13-4-5-14-9)8-10(16-2)15-6-3-12-8/h3-7,11H,1-2H3,(H,13,14). The zero-order valence-electron chi connectivity index (χ0n) is 9.14. The molecule has 1 atom stereocenters. The molecule has 0 radical (unpaired) electrons. The molecule has 84 valence electrons. The molecule has 0 amide bonds. The average molecular weight is 219 g/mol. The van der Waals surface area contributed by atoms with Crippen LogP contribution in [0.15, 0.2) is 24.8 Å². The topological polar surface area (TPSA) is 75.7 Å². The molecule has 0 saturated carbocycles. The van der Waals surface area contributed by atoms with Crippen LogP contribution in [0.2, 0.25) is 0 Å². The predicted molar refractivity (Wildman–Crippen MR) is 58.1 cm³/mol. The van der Waals surface area contributed by atoms with Gasteiger partial charge in [0.1, 0.15) is 17.6 Å². The van der Waals surface area contributed by atoms with Gasteiger partial charge in [-0.15, -0.1) is 0 Å². The van der Waals surface area contributed by atoms with Crippen LogP contribution >= 0.6 is 0 Å². The van der Waals surface area contributed by atoms with Crippen molar-refractivity contribution >= 4 is 0 Å². The first kappa shape index (κ1) is 10.6. The van der Waals surface area contributed by atoms with Crippen LogP contribution in [0.3, 0.4) is 0 Å². The van der Waals surface area contributed by atoms with Crippen molar-refractivity contribution in [2.24, 2.45) is 0 Å². The van der Waals surface area contributed by atoms with E-state index in [4.69, 9.17) is 4.74 Å². The summed E-state index contributed by atoms with van der Waals surface area (Å²) in [6.07, 6.45) is 6.69. The first-order chi connectivity index (χ1) is 7.86. The van der Waals surface area contributed by atoms with Gasteiger partial charge in [0.15, 0.2) is 0 Å². The van der Waals surface area contributed by atoms with Crippen molar-refractivity contribution in [3.05, 3.63) is 36.3 Å². The molecule has 6 heteroatoms. The summed E-state index contributed by atoms with van der Waals surface area (Å²) < 4.78 is 5.17. The second-order valence-electron chi connectivity index (χ2n) is 3.15. The number of aromatic amines is 1. The summed E-state index contributed by atoms with van der Waals surface area (Å²) in [5, 5.41) is 3.12.